The average molecular weight is 445 g/mol. The predicted octanol–water partition coefficient (Wildman–Crippen LogP) is 5.60. The Morgan fingerprint density at radius 1 is 1.15 bits per heavy atom. The number of ether oxygens (including phenoxy) is 1. The van der Waals surface area contributed by atoms with Gasteiger partial charge < -0.3 is 25.6 Å². The van der Waals surface area contributed by atoms with E-state index in [1.54, 1.807) is 24.3 Å². The van der Waals surface area contributed by atoms with E-state index in [0.717, 1.165) is 33.4 Å². The smallest absolute Gasteiger partial charge is 0.341 e. The Kier molecular flexibility index (Phi) is 5.87. The number of fused-ring (bicyclic) bond motifs is 1. The first kappa shape index (κ1) is 22.1. The summed E-state index contributed by atoms with van der Waals surface area (Å²) in [7, 11) is 0. The second-order valence-corrected chi connectivity index (χ2v) is 8.08. The molecule has 4 rings (SSSR count). The summed E-state index contributed by atoms with van der Waals surface area (Å²) in [4.78, 5) is 10.8. The fourth-order valence-electron chi connectivity index (χ4n) is 4.09. The van der Waals surface area contributed by atoms with E-state index < -0.39 is 12.6 Å². The number of hydrogen-bond donors (Lipinski definition) is 3. The molecule has 4 N–H and O–H groups in total. The van der Waals surface area contributed by atoms with Gasteiger partial charge in [-0.15, -0.1) is 0 Å². The summed E-state index contributed by atoms with van der Waals surface area (Å²) in [5.74, 6) is -0.797. The number of halogens is 1. The Balaban J connectivity index is 2.00. The molecule has 0 aliphatic rings. The van der Waals surface area contributed by atoms with Gasteiger partial charge in [-0.25, -0.2) is 9.18 Å². The summed E-state index contributed by atoms with van der Waals surface area (Å²) in [6, 6.07) is 17.3. The van der Waals surface area contributed by atoms with E-state index in [9.17, 15) is 9.18 Å². The summed E-state index contributed by atoms with van der Waals surface area (Å²) in [6.07, 6.45) is 1.22. The number of rotatable bonds is 7. The second-order valence-electron chi connectivity index (χ2n) is 8.08. The minimum Gasteiger partial charge on any atom is -0.482 e. The minimum absolute atomic E-state index is 0.102. The van der Waals surface area contributed by atoms with Crippen LogP contribution in [0, 0.1) is 11.2 Å². The van der Waals surface area contributed by atoms with Crippen molar-refractivity contribution in [3.63, 3.8) is 0 Å². The lowest BCUT2D eigenvalue weighted by Crippen LogP contribution is -2.09. The molecule has 0 atom stereocenters. The number of anilines is 1. The number of nitrogens with one attached hydrogen (secondary N) is 1. The van der Waals surface area contributed by atoms with Crippen molar-refractivity contribution in [2.45, 2.75) is 19.8 Å². The molecule has 0 spiro atoms. The van der Waals surface area contributed by atoms with Crippen LogP contribution in [0.15, 0.2) is 60.7 Å². The van der Waals surface area contributed by atoms with Crippen molar-refractivity contribution in [3.05, 3.63) is 77.7 Å². The zero-order valence-corrected chi connectivity index (χ0v) is 18.3. The van der Waals surface area contributed by atoms with Crippen LogP contribution in [-0.4, -0.2) is 28.5 Å². The van der Waals surface area contributed by atoms with Gasteiger partial charge in [0.25, 0.3) is 0 Å². The molecule has 4 aromatic rings. The Bertz CT molecular complexity index is 1340. The first-order chi connectivity index (χ1) is 15.8. The van der Waals surface area contributed by atoms with Crippen LogP contribution in [0.4, 0.5) is 10.1 Å². The van der Waals surface area contributed by atoms with E-state index in [0.29, 0.717) is 17.0 Å². The summed E-state index contributed by atoms with van der Waals surface area (Å²) in [6.45, 7) is 3.76. The maximum atomic E-state index is 13.7. The molecule has 33 heavy (non-hydrogen) atoms. The number of hydrogen-bond acceptors (Lipinski definition) is 4. The molecular formula is C26H24FN3O3. The Morgan fingerprint density at radius 2 is 1.82 bits per heavy atom. The summed E-state index contributed by atoms with van der Waals surface area (Å²) < 4.78 is 21.0. The van der Waals surface area contributed by atoms with Crippen molar-refractivity contribution in [2.75, 3.05) is 12.3 Å². The van der Waals surface area contributed by atoms with Gasteiger partial charge >= 0.3 is 5.97 Å². The molecule has 7 heteroatoms. The predicted molar refractivity (Wildman–Crippen MR) is 128 cm³/mol. The first-order valence-electron chi connectivity index (χ1n) is 10.5. The van der Waals surface area contributed by atoms with Gasteiger partial charge in [0.15, 0.2) is 6.61 Å². The maximum Gasteiger partial charge on any atom is 0.341 e. The van der Waals surface area contributed by atoms with Crippen molar-refractivity contribution in [1.82, 2.24) is 4.57 Å². The molecule has 0 aliphatic carbocycles. The highest BCUT2D eigenvalue weighted by molar-refractivity contribution is 6.04. The van der Waals surface area contributed by atoms with Crippen LogP contribution >= 0.6 is 0 Å². The van der Waals surface area contributed by atoms with Gasteiger partial charge in [-0.1, -0.05) is 26.0 Å². The number of carbonyl (C=O) groups is 1. The molecule has 3 aromatic carbocycles. The number of aliphatic carboxylic acids is 1. The average Bonchev–Trinajstić information content (AvgIpc) is 3.12. The number of carboxylic acids is 1. The van der Waals surface area contributed by atoms with Crippen molar-refractivity contribution in [3.8, 4) is 22.6 Å². The fourth-order valence-corrected chi connectivity index (χ4v) is 4.09. The largest absolute Gasteiger partial charge is 0.482 e. The van der Waals surface area contributed by atoms with E-state index in [1.807, 2.05) is 24.3 Å². The quantitative estimate of drug-likeness (QED) is 0.254. The number of nitrogen functional groups attached to an aromatic ring is 1. The van der Waals surface area contributed by atoms with E-state index in [1.165, 1.54) is 18.3 Å². The van der Waals surface area contributed by atoms with Crippen LogP contribution in [-0.2, 0) is 4.79 Å². The van der Waals surface area contributed by atoms with Gasteiger partial charge in [-0.05, 0) is 60.0 Å². The van der Waals surface area contributed by atoms with Gasteiger partial charge in [0.2, 0.25) is 0 Å². The van der Waals surface area contributed by atoms with Crippen molar-refractivity contribution in [1.29, 1.82) is 5.41 Å². The molecule has 1 heterocycles. The van der Waals surface area contributed by atoms with E-state index >= 15 is 0 Å². The van der Waals surface area contributed by atoms with E-state index in [4.69, 9.17) is 21.0 Å². The lowest BCUT2D eigenvalue weighted by molar-refractivity contribution is -0.139. The highest BCUT2D eigenvalue weighted by Crippen LogP contribution is 2.42. The van der Waals surface area contributed by atoms with E-state index in [2.05, 4.69) is 18.4 Å². The SMILES string of the molecule is CC(C)c1c(-c2ccc(OCC(=O)O)cc2)c2cc(N)c(C=N)cc2n1-c1ccc(F)cc1. The van der Waals surface area contributed by atoms with Gasteiger partial charge in [0, 0.05) is 39.8 Å². The van der Waals surface area contributed by atoms with Gasteiger partial charge in [-0.2, -0.15) is 0 Å². The molecule has 0 amide bonds. The third-order valence-corrected chi connectivity index (χ3v) is 5.50. The van der Waals surface area contributed by atoms with Crippen molar-refractivity contribution in [2.24, 2.45) is 0 Å². The molecule has 6 nitrogen and oxygen atoms in total. The van der Waals surface area contributed by atoms with Gasteiger partial charge in [-0.3, -0.25) is 0 Å². The lowest BCUT2D eigenvalue weighted by Gasteiger charge is -2.16. The highest BCUT2D eigenvalue weighted by atomic mass is 19.1. The molecule has 1 aromatic heterocycles. The van der Waals surface area contributed by atoms with Gasteiger partial charge in [0.1, 0.15) is 11.6 Å². The monoisotopic (exact) mass is 445 g/mol. The number of nitrogens with zero attached hydrogens (tertiary/aromatic N) is 1. The fraction of sp³-hybridized carbons (Fsp3) is 0.154. The summed E-state index contributed by atoms with van der Waals surface area (Å²) >= 11 is 0. The van der Waals surface area contributed by atoms with E-state index in [-0.39, 0.29) is 11.7 Å². The molecule has 0 saturated carbocycles. The molecule has 0 aliphatic heterocycles. The number of benzene rings is 3. The topological polar surface area (TPSA) is 101 Å². The van der Waals surface area contributed by atoms with Crippen molar-refractivity contribution < 1.29 is 19.0 Å². The number of nitrogens with two attached hydrogens (primary N) is 1. The molecule has 0 fully saturated rings. The van der Waals surface area contributed by atoms with Crippen LogP contribution in [0.2, 0.25) is 0 Å². The van der Waals surface area contributed by atoms with Gasteiger partial charge in [0.05, 0.1) is 5.52 Å². The van der Waals surface area contributed by atoms with Crippen LogP contribution in [0.3, 0.4) is 0 Å². The van der Waals surface area contributed by atoms with Crippen LogP contribution in [0.25, 0.3) is 27.7 Å². The molecule has 168 valence electrons. The van der Waals surface area contributed by atoms with Crippen LogP contribution < -0.4 is 10.5 Å². The zero-order chi connectivity index (χ0) is 23.7. The molecule has 0 saturated heterocycles. The number of carboxylic acid groups (broad SMARTS) is 1. The van der Waals surface area contributed by atoms with Crippen LogP contribution in [0.5, 0.6) is 5.75 Å². The third-order valence-electron chi connectivity index (χ3n) is 5.50. The van der Waals surface area contributed by atoms with Crippen molar-refractivity contribution >= 4 is 28.8 Å². The Hall–Kier alpha value is -4.13. The Labute approximate surface area is 190 Å². The number of aromatic nitrogens is 1. The highest BCUT2D eigenvalue weighted by Gasteiger charge is 2.23. The first-order valence-corrected chi connectivity index (χ1v) is 10.5. The molecule has 0 bridgehead atoms. The Morgan fingerprint density at radius 3 is 2.39 bits per heavy atom. The second kappa shape index (κ2) is 8.78. The summed E-state index contributed by atoms with van der Waals surface area (Å²) in [5, 5.41) is 17.5. The molecule has 0 radical (unpaired) electrons. The lowest BCUT2D eigenvalue weighted by atomic mass is 9.96. The minimum atomic E-state index is -1.04. The maximum absolute atomic E-state index is 13.7. The normalized spacial score (nSPS) is 11.2. The molecular weight excluding hydrogens is 421 g/mol. The molecule has 0 unspecified atom stereocenters. The zero-order valence-electron chi connectivity index (χ0n) is 18.3. The van der Waals surface area contributed by atoms with Crippen LogP contribution in [0.1, 0.15) is 31.0 Å². The summed E-state index contributed by atoms with van der Waals surface area (Å²) in [5.41, 5.74) is 11.9. The standard InChI is InChI=1S/C26H24FN3O3/c1-15(2)26-25(16-3-9-20(10-4-16)33-14-24(31)32)21-12-22(29)17(13-28)11-23(21)30(26)19-7-5-18(27)6-8-19/h3-13,15,28H,14,29H2,1-2H3,(H,31,32). The third kappa shape index (κ3) is 4.17.